The third kappa shape index (κ3) is 2.54. The minimum Gasteiger partial charge on any atom is -0.421 e. The third-order valence-electron chi connectivity index (χ3n) is 4.35. The maximum Gasteiger partial charge on any atom is 0.391 e. The number of hydrogen-bond acceptors (Lipinski definition) is 7. The summed E-state index contributed by atoms with van der Waals surface area (Å²) in [4.78, 5) is 23.5. The molecule has 0 fully saturated rings. The lowest BCUT2D eigenvalue weighted by molar-refractivity contribution is -0.560. The van der Waals surface area contributed by atoms with Crippen molar-refractivity contribution in [1.29, 1.82) is 0 Å². The van der Waals surface area contributed by atoms with Gasteiger partial charge in [-0.1, -0.05) is 17.7 Å². The van der Waals surface area contributed by atoms with Crippen molar-refractivity contribution in [2.45, 2.75) is 31.2 Å². The molecule has 2 atom stereocenters. The van der Waals surface area contributed by atoms with Crippen LogP contribution in [0.15, 0.2) is 29.8 Å². The van der Waals surface area contributed by atoms with Gasteiger partial charge in [-0.05, 0) is 19.4 Å². The van der Waals surface area contributed by atoms with Gasteiger partial charge in [-0.3, -0.25) is 10.1 Å². The molecule has 0 aromatic heterocycles. The van der Waals surface area contributed by atoms with Gasteiger partial charge in [-0.25, -0.2) is 4.79 Å². The Bertz CT molecular complexity index is 874. The Hall–Kier alpha value is -2.42. The van der Waals surface area contributed by atoms with Crippen LogP contribution in [0.2, 0.25) is 0 Å². The van der Waals surface area contributed by atoms with Crippen molar-refractivity contribution >= 4 is 16.1 Å². The van der Waals surface area contributed by atoms with E-state index < -0.39 is 32.5 Å². The molecule has 1 aliphatic heterocycles. The summed E-state index contributed by atoms with van der Waals surface area (Å²) in [5, 5.41) is 11.7. The molecule has 0 saturated heterocycles. The van der Waals surface area contributed by atoms with E-state index in [0.717, 1.165) is 11.8 Å². The second-order valence-electron chi connectivity index (χ2n) is 6.07. The van der Waals surface area contributed by atoms with Gasteiger partial charge in [0.2, 0.25) is 0 Å². The minimum absolute atomic E-state index is 0.0132. The number of benzene rings is 1. The van der Waals surface area contributed by atoms with Crippen LogP contribution in [0.1, 0.15) is 31.2 Å². The molecule has 0 unspecified atom stereocenters. The first-order valence-corrected chi connectivity index (χ1v) is 9.01. The molecule has 0 bridgehead atoms. The largest absolute Gasteiger partial charge is 0.421 e. The molecule has 0 saturated carbocycles. The molecule has 24 heavy (non-hydrogen) atoms. The first-order valence-electron chi connectivity index (χ1n) is 7.19. The van der Waals surface area contributed by atoms with E-state index in [9.17, 15) is 23.3 Å². The van der Waals surface area contributed by atoms with Crippen LogP contribution in [0.4, 0.5) is 0 Å². The molecule has 1 heterocycles. The van der Waals surface area contributed by atoms with Crippen molar-refractivity contribution in [2.24, 2.45) is 0 Å². The van der Waals surface area contributed by atoms with Gasteiger partial charge in [0.25, 0.3) is 0 Å². The Kier molecular flexibility index (Phi) is 3.63. The normalized spacial score (nSPS) is 25.8. The highest BCUT2D eigenvalue weighted by atomic mass is 32.2. The molecule has 2 aliphatic rings. The molecule has 1 aromatic rings. The summed E-state index contributed by atoms with van der Waals surface area (Å²) in [6, 6.07) is 4.19. The van der Waals surface area contributed by atoms with E-state index in [4.69, 9.17) is 8.92 Å². The summed E-state index contributed by atoms with van der Waals surface area (Å²) in [6.07, 6.45) is 2.91. The quantitative estimate of drug-likeness (QED) is 0.203. The van der Waals surface area contributed by atoms with Crippen molar-refractivity contribution in [2.75, 3.05) is 6.26 Å². The zero-order valence-electron chi connectivity index (χ0n) is 13.0. The van der Waals surface area contributed by atoms with Crippen molar-refractivity contribution in [3.63, 3.8) is 0 Å². The van der Waals surface area contributed by atoms with Gasteiger partial charge in [0.05, 0.1) is 12.2 Å². The highest BCUT2D eigenvalue weighted by Crippen LogP contribution is 2.50. The monoisotopic (exact) mass is 353 g/mol. The Morgan fingerprint density at radius 3 is 2.75 bits per heavy atom. The topological polar surface area (TPSA) is 113 Å². The molecule has 0 spiro atoms. The lowest BCUT2D eigenvalue weighted by Gasteiger charge is -2.38. The molecule has 0 N–H and O–H groups in total. The molecular weight excluding hydrogens is 338 g/mol. The number of nitrogens with zero attached hydrogens (tertiary/aromatic N) is 1. The molecule has 0 radical (unpaired) electrons. The van der Waals surface area contributed by atoms with Gasteiger partial charge in [-0.15, -0.1) is 0 Å². The molecule has 3 rings (SSSR count). The van der Waals surface area contributed by atoms with Gasteiger partial charge in [0.15, 0.2) is 0 Å². The first-order chi connectivity index (χ1) is 11.1. The van der Waals surface area contributed by atoms with Crippen molar-refractivity contribution in [3.8, 4) is 11.5 Å². The number of allylic oxidation sites excluding steroid dienone is 1. The van der Waals surface area contributed by atoms with E-state index in [2.05, 4.69) is 0 Å². The van der Waals surface area contributed by atoms with Crippen LogP contribution in [-0.2, 0) is 14.9 Å². The van der Waals surface area contributed by atoms with Crippen molar-refractivity contribution in [3.05, 3.63) is 45.5 Å². The standard InChI is InChI=1S/C15H15NO7S/c1-9-5-6-15(16(18)19)12(7-9)11-4-3-10(23-24(2,20)21)8-13(11)22-14(15)17/h3-5,8,12H,6-7H2,1-2H3/t12-,15+/m0/s1. The number of carbonyl (C=O) groups is 1. The van der Waals surface area contributed by atoms with Crippen LogP contribution in [-0.4, -0.2) is 31.1 Å². The Morgan fingerprint density at radius 2 is 2.12 bits per heavy atom. The van der Waals surface area contributed by atoms with E-state index in [1.807, 2.05) is 6.92 Å². The maximum atomic E-state index is 12.4. The number of ether oxygens (including phenoxy) is 1. The van der Waals surface area contributed by atoms with Gasteiger partial charge < -0.3 is 8.92 Å². The van der Waals surface area contributed by atoms with E-state index in [-0.39, 0.29) is 17.9 Å². The molecular formula is C15H15NO7S. The van der Waals surface area contributed by atoms with Crippen LogP contribution in [0.5, 0.6) is 11.5 Å². The third-order valence-corrected chi connectivity index (χ3v) is 4.85. The van der Waals surface area contributed by atoms with E-state index in [1.165, 1.54) is 18.2 Å². The Balaban J connectivity index is 2.11. The predicted molar refractivity (Wildman–Crippen MR) is 83.0 cm³/mol. The molecule has 1 aliphatic carbocycles. The summed E-state index contributed by atoms with van der Waals surface area (Å²) >= 11 is 0. The lowest BCUT2D eigenvalue weighted by Crippen LogP contribution is -2.56. The molecule has 128 valence electrons. The smallest absolute Gasteiger partial charge is 0.391 e. The number of nitro groups is 1. The van der Waals surface area contributed by atoms with Crippen LogP contribution in [0, 0.1) is 10.1 Å². The lowest BCUT2D eigenvalue weighted by atomic mass is 9.69. The second kappa shape index (κ2) is 5.30. The highest BCUT2D eigenvalue weighted by Gasteiger charge is 2.63. The predicted octanol–water partition coefficient (Wildman–Crippen LogP) is 1.78. The first kappa shape index (κ1) is 16.4. The summed E-state index contributed by atoms with van der Waals surface area (Å²) in [7, 11) is -3.73. The molecule has 8 nitrogen and oxygen atoms in total. The van der Waals surface area contributed by atoms with Crippen LogP contribution in [0.25, 0.3) is 0 Å². The van der Waals surface area contributed by atoms with E-state index in [1.54, 1.807) is 6.08 Å². The Labute approximate surface area is 138 Å². The molecule has 9 heteroatoms. The van der Waals surface area contributed by atoms with E-state index >= 15 is 0 Å². The number of hydrogen-bond donors (Lipinski definition) is 0. The average molecular weight is 353 g/mol. The maximum absolute atomic E-state index is 12.4. The van der Waals surface area contributed by atoms with Crippen LogP contribution >= 0.6 is 0 Å². The van der Waals surface area contributed by atoms with Gasteiger partial charge >= 0.3 is 21.6 Å². The summed E-state index contributed by atoms with van der Waals surface area (Å²) in [5.41, 5.74) is -0.389. The summed E-state index contributed by atoms with van der Waals surface area (Å²) in [5.74, 6) is -1.52. The number of esters is 1. The van der Waals surface area contributed by atoms with Crippen molar-refractivity contribution in [1.82, 2.24) is 0 Å². The zero-order valence-corrected chi connectivity index (χ0v) is 13.8. The number of fused-ring (bicyclic) bond motifs is 3. The Morgan fingerprint density at radius 1 is 1.42 bits per heavy atom. The fourth-order valence-electron chi connectivity index (χ4n) is 3.22. The summed E-state index contributed by atoms with van der Waals surface area (Å²) in [6.45, 7) is 1.85. The fraction of sp³-hybridized carbons (Fsp3) is 0.400. The van der Waals surface area contributed by atoms with Crippen LogP contribution < -0.4 is 8.92 Å². The average Bonchev–Trinajstić information content (AvgIpc) is 2.45. The second-order valence-corrected chi connectivity index (χ2v) is 7.64. The minimum atomic E-state index is -3.73. The summed E-state index contributed by atoms with van der Waals surface area (Å²) < 4.78 is 32.4. The van der Waals surface area contributed by atoms with Gasteiger partial charge in [0, 0.05) is 23.0 Å². The van der Waals surface area contributed by atoms with E-state index in [0.29, 0.717) is 12.0 Å². The van der Waals surface area contributed by atoms with Gasteiger partial charge in [0.1, 0.15) is 11.5 Å². The zero-order chi connectivity index (χ0) is 17.7. The van der Waals surface area contributed by atoms with Crippen LogP contribution in [0.3, 0.4) is 0 Å². The van der Waals surface area contributed by atoms with Crippen molar-refractivity contribution < 1.29 is 27.1 Å². The number of rotatable bonds is 3. The molecule has 0 amide bonds. The highest BCUT2D eigenvalue weighted by molar-refractivity contribution is 7.86. The number of carbonyl (C=O) groups excluding carboxylic acids is 1. The van der Waals surface area contributed by atoms with Gasteiger partial charge in [-0.2, -0.15) is 8.42 Å². The SMILES string of the molecule is CC1=CC[C@]2([N+](=O)[O-])C(=O)Oc3cc(OS(C)(=O)=O)ccc3[C@@H]2C1. The fourth-order valence-corrected chi connectivity index (χ4v) is 3.67. The molecule has 1 aromatic carbocycles.